The lowest BCUT2D eigenvalue weighted by molar-refractivity contribution is 0.0461. The van der Waals surface area contributed by atoms with E-state index in [0.717, 1.165) is 67.2 Å². The molecule has 2 aromatic rings. The summed E-state index contributed by atoms with van der Waals surface area (Å²) in [7, 11) is 0. The predicted octanol–water partition coefficient (Wildman–Crippen LogP) is 4.49. The Kier molecular flexibility index (Phi) is 6.16. The molecule has 0 radical (unpaired) electrons. The van der Waals surface area contributed by atoms with Gasteiger partial charge in [-0.3, -0.25) is 4.90 Å². The molecule has 25 heavy (non-hydrogen) atoms. The van der Waals surface area contributed by atoms with Gasteiger partial charge < -0.3 is 9.15 Å². The van der Waals surface area contributed by atoms with Gasteiger partial charge in [-0.05, 0) is 36.1 Å². The van der Waals surface area contributed by atoms with E-state index in [4.69, 9.17) is 20.8 Å². The van der Waals surface area contributed by atoms with Gasteiger partial charge in [0.1, 0.15) is 5.76 Å². The zero-order chi connectivity index (χ0) is 17.6. The number of esters is 1. The maximum Gasteiger partial charge on any atom is 0.374 e. The first kappa shape index (κ1) is 18.0. The van der Waals surface area contributed by atoms with Gasteiger partial charge in [-0.1, -0.05) is 43.1 Å². The van der Waals surface area contributed by atoms with Gasteiger partial charge in [0.25, 0.3) is 0 Å². The van der Waals surface area contributed by atoms with Crippen molar-refractivity contribution in [3.8, 4) is 0 Å². The minimum absolute atomic E-state index is 0.334. The van der Waals surface area contributed by atoms with Crippen LogP contribution in [0.4, 0.5) is 0 Å². The zero-order valence-electron chi connectivity index (χ0n) is 14.6. The van der Waals surface area contributed by atoms with Gasteiger partial charge in [-0.15, -0.1) is 0 Å². The van der Waals surface area contributed by atoms with Crippen molar-refractivity contribution in [2.24, 2.45) is 0 Å². The van der Waals surface area contributed by atoms with E-state index in [1.54, 1.807) is 0 Å². The summed E-state index contributed by atoms with van der Waals surface area (Å²) in [5, 5.41) is 0.806. The summed E-state index contributed by atoms with van der Waals surface area (Å²) in [6.07, 6.45) is 3.54. The molecule has 5 heteroatoms. The predicted molar refractivity (Wildman–Crippen MR) is 98.0 cm³/mol. The lowest BCUT2D eigenvalue weighted by Crippen LogP contribution is -2.26. The Labute approximate surface area is 153 Å². The van der Waals surface area contributed by atoms with Gasteiger partial charge >= 0.3 is 5.97 Å². The molecule has 0 bridgehead atoms. The summed E-state index contributed by atoms with van der Waals surface area (Å²) < 4.78 is 11.0. The maximum atomic E-state index is 12.0. The minimum atomic E-state index is -0.352. The van der Waals surface area contributed by atoms with E-state index in [1.165, 1.54) is 0 Å². The SMILES string of the molecule is CCCCOC(=O)c1cc2c(o1)CCN(Cc1ccccc1Cl)CC2. The topological polar surface area (TPSA) is 42.7 Å². The Bertz CT molecular complexity index is 700. The number of nitrogens with zero attached hydrogens (tertiary/aromatic N) is 1. The van der Waals surface area contributed by atoms with Crippen molar-refractivity contribution in [3.63, 3.8) is 0 Å². The molecule has 3 rings (SSSR count). The molecule has 0 spiro atoms. The summed E-state index contributed by atoms with van der Waals surface area (Å²) in [6, 6.07) is 9.80. The molecule has 0 aliphatic carbocycles. The van der Waals surface area contributed by atoms with Crippen molar-refractivity contribution in [1.29, 1.82) is 0 Å². The van der Waals surface area contributed by atoms with E-state index in [2.05, 4.69) is 17.9 Å². The van der Waals surface area contributed by atoms with E-state index in [-0.39, 0.29) is 5.97 Å². The number of hydrogen-bond donors (Lipinski definition) is 0. The van der Waals surface area contributed by atoms with Crippen molar-refractivity contribution in [2.45, 2.75) is 39.2 Å². The van der Waals surface area contributed by atoms with Crippen LogP contribution in [0.3, 0.4) is 0 Å². The van der Waals surface area contributed by atoms with E-state index < -0.39 is 0 Å². The highest BCUT2D eigenvalue weighted by Crippen LogP contribution is 2.23. The number of halogens is 1. The van der Waals surface area contributed by atoms with Crippen LogP contribution in [-0.4, -0.2) is 30.6 Å². The average molecular weight is 362 g/mol. The van der Waals surface area contributed by atoms with Crippen molar-refractivity contribution < 1.29 is 13.9 Å². The molecule has 4 nitrogen and oxygen atoms in total. The minimum Gasteiger partial charge on any atom is -0.460 e. The molecule has 1 aliphatic heterocycles. The zero-order valence-corrected chi connectivity index (χ0v) is 15.3. The largest absolute Gasteiger partial charge is 0.460 e. The Hall–Kier alpha value is -1.78. The van der Waals surface area contributed by atoms with Crippen LogP contribution >= 0.6 is 11.6 Å². The lowest BCUT2D eigenvalue weighted by Gasteiger charge is -2.20. The quantitative estimate of drug-likeness (QED) is 0.561. The van der Waals surface area contributed by atoms with Gasteiger partial charge in [0.05, 0.1) is 6.61 Å². The molecule has 0 saturated heterocycles. The van der Waals surface area contributed by atoms with Crippen molar-refractivity contribution in [1.82, 2.24) is 4.90 Å². The van der Waals surface area contributed by atoms with E-state index in [1.807, 2.05) is 24.3 Å². The van der Waals surface area contributed by atoms with Crippen LogP contribution in [0.5, 0.6) is 0 Å². The fourth-order valence-electron chi connectivity index (χ4n) is 3.05. The first-order valence-corrected chi connectivity index (χ1v) is 9.29. The number of hydrogen-bond acceptors (Lipinski definition) is 4. The normalized spacial score (nSPS) is 14.8. The fourth-order valence-corrected chi connectivity index (χ4v) is 3.24. The lowest BCUT2D eigenvalue weighted by atomic mass is 10.1. The van der Waals surface area contributed by atoms with Crippen LogP contribution in [0, 0.1) is 0 Å². The summed E-state index contributed by atoms with van der Waals surface area (Å²) in [4.78, 5) is 14.4. The smallest absolute Gasteiger partial charge is 0.374 e. The van der Waals surface area contributed by atoms with E-state index >= 15 is 0 Å². The van der Waals surface area contributed by atoms with E-state index in [9.17, 15) is 4.79 Å². The monoisotopic (exact) mass is 361 g/mol. The summed E-state index contributed by atoms with van der Waals surface area (Å²) in [5.74, 6) is 0.888. The number of rotatable bonds is 6. The molecule has 1 aliphatic rings. The second-order valence-electron chi connectivity index (χ2n) is 6.42. The molecule has 1 aromatic heterocycles. The van der Waals surface area contributed by atoms with Crippen LogP contribution in [-0.2, 0) is 24.1 Å². The molecule has 0 atom stereocenters. The van der Waals surface area contributed by atoms with Gasteiger partial charge in [0, 0.05) is 31.1 Å². The van der Waals surface area contributed by atoms with Crippen LogP contribution in [0.2, 0.25) is 5.02 Å². The fraction of sp³-hybridized carbons (Fsp3) is 0.450. The summed E-state index contributed by atoms with van der Waals surface area (Å²) >= 11 is 6.26. The third-order valence-corrected chi connectivity index (χ3v) is 4.90. The van der Waals surface area contributed by atoms with Crippen LogP contribution < -0.4 is 0 Å². The van der Waals surface area contributed by atoms with Crippen molar-refractivity contribution in [2.75, 3.05) is 19.7 Å². The van der Waals surface area contributed by atoms with Crippen LogP contribution in [0.15, 0.2) is 34.7 Å². The Balaban J connectivity index is 1.59. The first-order chi connectivity index (χ1) is 12.2. The number of unbranched alkanes of at least 4 members (excludes halogenated alkanes) is 1. The van der Waals surface area contributed by atoms with Crippen molar-refractivity contribution >= 4 is 17.6 Å². The third-order valence-electron chi connectivity index (χ3n) is 4.53. The van der Waals surface area contributed by atoms with Gasteiger partial charge in [0.15, 0.2) is 0 Å². The molecular weight excluding hydrogens is 338 g/mol. The van der Waals surface area contributed by atoms with Gasteiger partial charge in [-0.2, -0.15) is 0 Å². The highest BCUT2D eigenvalue weighted by molar-refractivity contribution is 6.31. The highest BCUT2D eigenvalue weighted by atomic mass is 35.5. The summed E-state index contributed by atoms with van der Waals surface area (Å²) in [6.45, 7) is 5.15. The average Bonchev–Trinajstić information content (AvgIpc) is 2.93. The molecule has 1 aromatic carbocycles. The second kappa shape index (κ2) is 8.54. The van der Waals surface area contributed by atoms with Gasteiger partial charge in [-0.25, -0.2) is 4.79 Å². The molecule has 0 fully saturated rings. The van der Waals surface area contributed by atoms with Crippen molar-refractivity contribution in [3.05, 3.63) is 58.0 Å². The second-order valence-corrected chi connectivity index (χ2v) is 6.82. The number of carbonyl (C=O) groups excluding carboxylic acids is 1. The maximum absolute atomic E-state index is 12.0. The molecule has 0 saturated carbocycles. The molecule has 2 heterocycles. The molecule has 0 amide bonds. The summed E-state index contributed by atoms with van der Waals surface area (Å²) in [5.41, 5.74) is 2.26. The third kappa shape index (κ3) is 4.65. The Morgan fingerprint density at radius 2 is 2.08 bits per heavy atom. The van der Waals surface area contributed by atoms with Gasteiger partial charge in [0.2, 0.25) is 5.76 Å². The standard InChI is InChI=1S/C20H24ClNO3/c1-2-3-12-24-20(23)19-13-15-8-10-22(11-9-18(15)25-19)14-16-6-4-5-7-17(16)21/h4-7,13H,2-3,8-12,14H2,1H3. The Morgan fingerprint density at radius 3 is 2.88 bits per heavy atom. The van der Waals surface area contributed by atoms with Crippen LogP contribution in [0.25, 0.3) is 0 Å². The highest BCUT2D eigenvalue weighted by Gasteiger charge is 2.22. The number of carbonyl (C=O) groups is 1. The number of fused-ring (bicyclic) bond motifs is 1. The molecule has 0 unspecified atom stereocenters. The molecular formula is C20H24ClNO3. The molecule has 0 N–H and O–H groups in total. The van der Waals surface area contributed by atoms with E-state index in [0.29, 0.717) is 12.4 Å². The number of benzene rings is 1. The molecule has 134 valence electrons. The first-order valence-electron chi connectivity index (χ1n) is 8.92. The number of ether oxygens (including phenoxy) is 1. The number of furan rings is 1. The van der Waals surface area contributed by atoms with Crippen LogP contribution in [0.1, 0.15) is 47.2 Å². The Morgan fingerprint density at radius 1 is 1.28 bits per heavy atom.